The van der Waals surface area contributed by atoms with Crippen molar-refractivity contribution in [2.24, 2.45) is 0 Å². The van der Waals surface area contributed by atoms with Crippen molar-refractivity contribution in [2.45, 2.75) is 19.9 Å². The molecule has 0 aliphatic carbocycles. The van der Waals surface area contributed by atoms with Crippen LogP contribution in [0.3, 0.4) is 0 Å². The van der Waals surface area contributed by atoms with E-state index in [1.165, 1.54) is 6.39 Å². The first-order valence-corrected chi connectivity index (χ1v) is 5.68. The lowest BCUT2D eigenvalue weighted by Crippen LogP contribution is -2.06. The van der Waals surface area contributed by atoms with Crippen molar-refractivity contribution in [1.82, 2.24) is 15.1 Å². The number of nitrogens with two attached hydrogens (primary N) is 1. The molecule has 2 heterocycles. The molecule has 0 amide bonds. The summed E-state index contributed by atoms with van der Waals surface area (Å²) in [5, 5.41) is 6.75. The molecule has 18 heavy (non-hydrogen) atoms. The summed E-state index contributed by atoms with van der Waals surface area (Å²) >= 11 is 0. The van der Waals surface area contributed by atoms with Gasteiger partial charge in [-0.05, 0) is 18.6 Å². The minimum atomic E-state index is 0.431. The molecule has 3 N–H and O–H groups in total. The first-order valence-electron chi connectivity index (χ1n) is 5.68. The fourth-order valence-electron chi connectivity index (χ4n) is 1.30. The Bertz CT molecular complexity index is 486. The third-order valence-electron chi connectivity index (χ3n) is 2.17. The minimum Gasteiger partial charge on any atom is -0.476 e. The van der Waals surface area contributed by atoms with Crippen LogP contribution >= 0.6 is 0 Å². The van der Waals surface area contributed by atoms with Crippen molar-refractivity contribution in [1.29, 1.82) is 0 Å². The molecule has 7 nitrogen and oxygen atoms in total. The lowest BCUT2D eigenvalue weighted by molar-refractivity contribution is 0.307. The highest BCUT2D eigenvalue weighted by Crippen LogP contribution is 2.21. The summed E-state index contributed by atoms with van der Waals surface area (Å²) in [6.45, 7) is 3.04. The number of rotatable bonds is 6. The van der Waals surface area contributed by atoms with Gasteiger partial charge in [0, 0.05) is 0 Å². The van der Waals surface area contributed by atoms with E-state index < -0.39 is 0 Å². The second-order valence-corrected chi connectivity index (χ2v) is 3.64. The van der Waals surface area contributed by atoms with Gasteiger partial charge in [-0.25, -0.2) is 0 Å². The Morgan fingerprint density at radius 1 is 1.44 bits per heavy atom. The second-order valence-electron chi connectivity index (χ2n) is 3.64. The number of pyridine rings is 1. The third kappa shape index (κ3) is 3.09. The van der Waals surface area contributed by atoms with Crippen LogP contribution in [0.25, 0.3) is 0 Å². The van der Waals surface area contributed by atoms with Crippen LogP contribution in [0, 0.1) is 0 Å². The molecule has 7 heteroatoms. The van der Waals surface area contributed by atoms with Gasteiger partial charge in [-0.1, -0.05) is 12.1 Å². The number of hydrogen-bond acceptors (Lipinski definition) is 7. The molecule has 0 unspecified atom stereocenters. The average molecular weight is 249 g/mol. The summed E-state index contributed by atoms with van der Waals surface area (Å²) in [7, 11) is 0. The molecular formula is C11H15N5O2. The number of nitrogens with zero attached hydrogens (tertiary/aromatic N) is 3. The smallest absolute Gasteiger partial charge is 0.239 e. The molecule has 2 rings (SSSR count). The zero-order valence-electron chi connectivity index (χ0n) is 10.1. The second kappa shape index (κ2) is 5.85. The summed E-state index contributed by atoms with van der Waals surface area (Å²) < 4.78 is 10.1. The van der Waals surface area contributed by atoms with Crippen molar-refractivity contribution in [3.05, 3.63) is 24.4 Å². The van der Waals surface area contributed by atoms with Gasteiger partial charge in [0.15, 0.2) is 5.82 Å². The van der Waals surface area contributed by atoms with Crippen LogP contribution in [0.1, 0.15) is 19.2 Å². The van der Waals surface area contributed by atoms with Gasteiger partial charge in [0.2, 0.25) is 12.3 Å². The predicted octanol–water partition coefficient (Wildman–Crippen LogP) is 1.45. The van der Waals surface area contributed by atoms with Crippen LogP contribution in [0.2, 0.25) is 0 Å². The molecular weight excluding hydrogens is 234 g/mol. The van der Waals surface area contributed by atoms with Crippen molar-refractivity contribution in [3.8, 4) is 5.88 Å². The molecule has 0 fully saturated rings. The van der Waals surface area contributed by atoms with Gasteiger partial charge in [-0.15, -0.1) is 0 Å². The predicted molar refractivity (Wildman–Crippen MR) is 66.1 cm³/mol. The molecule has 0 atom stereocenters. The van der Waals surface area contributed by atoms with E-state index in [-0.39, 0.29) is 0 Å². The van der Waals surface area contributed by atoms with Crippen LogP contribution < -0.4 is 15.8 Å². The fourth-order valence-corrected chi connectivity index (χ4v) is 1.30. The number of nitrogens with one attached hydrogen (secondary N) is 1. The van der Waals surface area contributed by atoms with Gasteiger partial charge in [-0.3, -0.25) is 0 Å². The van der Waals surface area contributed by atoms with Crippen molar-refractivity contribution < 1.29 is 9.26 Å². The molecule has 0 radical (unpaired) electrons. The molecule has 0 spiro atoms. The van der Waals surface area contributed by atoms with Crippen molar-refractivity contribution >= 4 is 11.5 Å². The lowest BCUT2D eigenvalue weighted by atomic mass is 10.4. The highest BCUT2D eigenvalue weighted by atomic mass is 16.5. The average Bonchev–Trinajstić information content (AvgIpc) is 2.89. The Balaban J connectivity index is 2.00. The van der Waals surface area contributed by atoms with Crippen molar-refractivity contribution in [2.75, 3.05) is 17.7 Å². The summed E-state index contributed by atoms with van der Waals surface area (Å²) in [6.07, 6.45) is 2.19. The molecule has 96 valence electrons. The van der Waals surface area contributed by atoms with Gasteiger partial charge >= 0.3 is 0 Å². The molecule has 0 aliphatic rings. The van der Waals surface area contributed by atoms with Gasteiger partial charge in [0.25, 0.3) is 0 Å². The molecule has 0 saturated heterocycles. The normalized spacial score (nSPS) is 10.3. The largest absolute Gasteiger partial charge is 0.476 e. The van der Waals surface area contributed by atoms with Crippen LogP contribution in [0.5, 0.6) is 5.88 Å². The first-order chi connectivity index (χ1) is 8.79. The molecule has 0 saturated carbocycles. The first kappa shape index (κ1) is 12.2. The van der Waals surface area contributed by atoms with Crippen LogP contribution in [0.15, 0.2) is 23.0 Å². The van der Waals surface area contributed by atoms with Crippen molar-refractivity contribution in [3.63, 3.8) is 0 Å². The maximum atomic E-state index is 5.77. The Morgan fingerprint density at radius 2 is 2.33 bits per heavy atom. The molecule has 0 aromatic carbocycles. The van der Waals surface area contributed by atoms with Crippen LogP contribution in [-0.2, 0) is 6.54 Å². The van der Waals surface area contributed by atoms with E-state index in [2.05, 4.69) is 25.0 Å². The number of ether oxygens (including phenoxy) is 1. The quantitative estimate of drug-likeness (QED) is 0.799. The summed E-state index contributed by atoms with van der Waals surface area (Å²) in [5.41, 5.74) is 6.29. The highest BCUT2D eigenvalue weighted by Gasteiger charge is 2.05. The molecule has 0 bridgehead atoms. The van der Waals surface area contributed by atoms with E-state index in [0.29, 0.717) is 36.4 Å². The van der Waals surface area contributed by atoms with Gasteiger partial charge in [0.1, 0.15) is 5.82 Å². The zero-order chi connectivity index (χ0) is 12.8. The Hall–Kier alpha value is -2.31. The number of nitrogen functional groups attached to an aromatic ring is 1. The molecule has 2 aromatic heterocycles. The van der Waals surface area contributed by atoms with E-state index >= 15 is 0 Å². The third-order valence-corrected chi connectivity index (χ3v) is 2.17. The van der Waals surface area contributed by atoms with Crippen LogP contribution in [0.4, 0.5) is 11.5 Å². The maximum Gasteiger partial charge on any atom is 0.239 e. The van der Waals surface area contributed by atoms with E-state index in [4.69, 9.17) is 10.5 Å². The SMILES string of the molecule is CCCOc1nc(NCc2ncon2)ccc1N. The van der Waals surface area contributed by atoms with Crippen LogP contribution in [-0.4, -0.2) is 21.7 Å². The van der Waals surface area contributed by atoms with E-state index in [1.807, 2.05) is 6.92 Å². The zero-order valence-corrected chi connectivity index (χ0v) is 10.1. The maximum absolute atomic E-state index is 5.77. The minimum absolute atomic E-state index is 0.431. The topological polar surface area (TPSA) is 99.1 Å². The number of anilines is 2. The fraction of sp³-hybridized carbons (Fsp3) is 0.364. The Labute approximate surface area is 104 Å². The summed E-state index contributed by atoms with van der Waals surface area (Å²) in [4.78, 5) is 8.16. The van der Waals surface area contributed by atoms with E-state index in [0.717, 1.165) is 6.42 Å². The van der Waals surface area contributed by atoms with Gasteiger partial charge in [0.05, 0.1) is 18.8 Å². The molecule has 0 aliphatic heterocycles. The summed E-state index contributed by atoms with van der Waals surface area (Å²) in [6, 6.07) is 3.52. The van der Waals surface area contributed by atoms with E-state index in [1.54, 1.807) is 12.1 Å². The monoisotopic (exact) mass is 249 g/mol. The standard InChI is InChI=1S/C11H15N5O2/c1-2-5-17-11-8(12)3-4-9(15-11)13-6-10-14-7-18-16-10/h3-4,7H,2,5-6,12H2,1H3,(H,13,15). The van der Waals surface area contributed by atoms with Gasteiger partial charge in [-0.2, -0.15) is 9.97 Å². The summed E-state index contributed by atoms with van der Waals surface area (Å²) in [5.74, 6) is 1.65. The highest BCUT2D eigenvalue weighted by molar-refractivity contribution is 5.53. The lowest BCUT2D eigenvalue weighted by Gasteiger charge is -2.09. The van der Waals surface area contributed by atoms with E-state index in [9.17, 15) is 0 Å². The molecule has 2 aromatic rings. The Kier molecular flexibility index (Phi) is 3.95. The number of hydrogen-bond donors (Lipinski definition) is 2. The Morgan fingerprint density at radius 3 is 3.06 bits per heavy atom. The van der Waals surface area contributed by atoms with Gasteiger partial charge < -0.3 is 20.3 Å². The number of aromatic nitrogens is 3.